The van der Waals surface area contributed by atoms with Crippen molar-refractivity contribution in [3.8, 4) is 0 Å². The molecule has 0 saturated heterocycles. The minimum absolute atomic E-state index is 0.211. The maximum Gasteiger partial charge on any atom is 0.0357 e. The van der Waals surface area contributed by atoms with E-state index in [1.54, 1.807) is 0 Å². The third-order valence-corrected chi connectivity index (χ3v) is 4.73. The van der Waals surface area contributed by atoms with Crippen LogP contribution in [0.2, 0.25) is 0 Å². The molecule has 0 spiro atoms. The molecule has 1 fully saturated rings. The number of hydrogen-bond acceptors (Lipinski definition) is 2. The molecule has 1 atom stereocenters. The topological polar surface area (TPSA) is 29.3 Å². The molecule has 0 amide bonds. The molecule has 1 saturated carbocycles. The molecule has 0 radical (unpaired) electrons. The molecule has 2 N–H and O–H groups in total. The Labute approximate surface area is 111 Å². The first-order chi connectivity index (χ1) is 8.64. The minimum atomic E-state index is 0.211. The van der Waals surface area contributed by atoms with Gasteiger partial charge in [0, 0.05) is 18.6 Å². The van der Waals surface area contributed by atoms with E-state index in [4.69, 9.17) is 5.73 Å². The molecule has 1 aliphatic rings. The zero-order chi connectivity index (χ0) is 13.2. The lowest BCUT2D eigenvalue weighted by Gasteiger charge is -2.41. The van der Waals surface area contributed by atoms with Crippen molar-refractivity contribution in [2.24, 2.45) is 11.7 Å². The van der Waals surface area contributed by atoms with Crippen LogP contribution in [0.5, 0.6) is 0 Å². The molecule has 0 heterocycles. The Morgan fingerprint density at radius 1 is 1.33 bits per heavy atom. The predicted octanol–water partition coefficient (Wildman–Crippen LogP) is 2.94. The van der Waals surface area contributed by atoms with Crippen LogP contribution >= 0.6 is 0 Å². The van der Waals surface area contributed by atoms with Crippen LogP contribution in [-0.2, 0) is 6.54 Å². The monoisotopic (exact) mass is 246 g/mol. The summed E-state index contributed by atoms with van der Waals surface area (Å²) >= 11 is 0. The van der Waals surface area contributed by atoms with Gasteiger partial charge in [0.05, 0.1) is 0 Å². The third kappa shape index (κ3) is 2.45. The molecule has 2 heteroatoms. The smallest absolute Gasteiger partial charge is 0.0357 e. The van der Waals surface area contributed by atoms with Crippen LogP contribution in [0.25, 0.3) is 0 Å². The van der Waals surface area contributed by atoms with Crippen LogP contribution < -0.4 is 5.73 Å². The van der Waals surface area contributed by atoms with E-state index in [2.05, 4.69) is 50.1 Å². The Morgan fingerprint density at radius 3 is 2.50 bits per heavy atom. The van der Waals surface area contributed by atoms with E-state index in [0.29, 0.717) is 0 Å². The molecule has 18 heavy (non-hydrogen) atoms. The van der Waals surface area contributed by atoms with Crippen molar-refractivity contribution in [2.45, 2.75) is 45.2 Å². The van der Waals surface area contributed by atoms with Crippen LogP contribution in [0.15, 0.2) is 24.3 Å². The van der Waals surface area contributed by atoms with E-state index in [0.717, 1.165) is 25.4 Å². The molecule has 1 unspecified atom stereocenters. The summed E-state index contributed by atoms with van der Waals surface area (Å²) in [7, 11) is 2.24. The van der Waals surface area contributed by atoms with Gasteiger partial charge in [-0.3, -0.25) is 4.90 Å². The van der Waals surface area contributed by atoms with Crippen molar-refractivity contribution in [2.75, 3.05) is 13.6 Å². The van der Waals surface area contributed by atoms with E-state index < -0.39 is 0 Å². The van der Waals surface area contributed by atoms with E-state index in [-0.39, 0.29) is 5.54 Å². The fourth-order valence-electron chi connectivity index (χ4n) is 3.16. The Balaban J connectivity index is 2.15. The lowest BCUT2D eigenvalue weighted by molar-refractivity contribution is 0.0890. The minimum Gasteiger partial charge on any atom is -0.329 e. The Morgan fingerprint density at radius 2 is 2.00 bits per heavy atom. The predicted molar refractivity (Wildman–Crippen MR) is 77.4 cm³/mol. The summed E-state index contributed by atoms with van der Waals surface area (Å²) in [4.78, 5) is 2.49. The van der Waals surface area contributed by atoms with E-state index >= 15 is 0 Å². The van der Waals surface area contributed by atoms with E-state index in [1.807, 2.05) is 0 Å². The standard InChI is InChI=1S/C16H26N2/c1-4-16(12-17,15-9-10-15)18(3)11-14-8-6-5-7-13(14)2/h5-8,15H,4,9-12,17H2,1-3H3. The summed E-state index contributed by atoms with van der Waals surface area (Å²) in [6.07, 6.45) is 3.85. The number of nitrogens with zero attached hydrogens (tertiary/aromatic N) is 1. The first-order valence-electron chi connectivity index (χ1n) is 7.10. The number of aryl methyl sites for hydroxylation is 1. The van der Waals surface area contributed by atoms with Crippen LogP contribution in [-0.4, -0.2) is 24.0 Å². The van der Waals surface area contributed by atoms with E-state index in [9.17, 15) is 0 Å². The van der Waals surface area contributed by atoms with Crippen molar-refractivity contribution < 1.29 is 0 Å². The van der Waals surface area contributed by atoms with Gasteiger partial charge in [0.1, 0.15) is 0 Å². The Kier molecular flexibility index (Phi) is 4.08. The van der Waals surface area contributed by atoms with Gasteiger partial charge in [0.2, 0.25) is 0 Å². The highest BCUT2D eigenvalue weighted by Crippen LogP contribution is 2.44. The van der Waals surface area contributed by atoms with Gasteiger partial charge in [0.15, 0.2) is 0 Å². The van der Waals surface area contributed by atoms with Crippen molar-refractivity contribution in [1.82, 2.24) is 4.90 Å². The molecular weight excluding hydrogens is 220 g/mol. The van der Waals surface area contributed by atoms with Gasteiger partial charge in [-0.05, 0) is 50.3 Å². The number of likely N-dealkylation sites (N-methyl/N-ethyl adjacent to an activating group) is 1. The maximum atomic E-state index is 6.11. The third-order valence-electron chi connectivity index (χ3n) is 4.73. The van der Waals surface area contributed by atoms with Gasteiger partial charge < -0.3 is 5.73 Å². The highest BCUT2D eigenvalue weighted by molar-refractivity contribution is 5.25. The largest absolute Gasteiger partial charge is 0.329 e. The van der Waals surface area contributed by atoms with Crippen molar-refractivity contribution >= 4 is 0 Å². The van der Waals surface area contributed by atoms with Crippen molar-refractivity contribution in [3.05, 3.63) is 35.4 Å². The second-order valence-electron chi connectivity index (χ2n) is 5.72. The van der Waals surface area contributed by atoms with Gasteiger partial charge in [-0.15, -0.1) is 0 Å². The van der Waals surface area contributed by atoms with Crippen molar-refractivity contribution in [1.29, 1.82) is 0 Å². The number of benzene rings is 1. The van der Waals surface area contributed by atoms with Gasteiger partial charge in [-0.1, -0.05) is 31.2 Å². The summed E-state index contributed by atoms with van der Waals surface area (Å²) in [6, 6.07) is 8.66. The molecule has 0 aromatic heterocycles. The molecule has 100 valence electrons. The van der Waals surface area contributed by atoms with Gasteiger partial charge >= 0.3 is 0 Å². The highest BCUT2D eigenvalue weighted by Gasteiger charge is 2.45. The molecule has 2 nitrogen and oxygen atoms in total. The SMILES string of the molecule is CCC(CN)(C1CC1)N(C)Cc1ccccc1C. The lowest BCUT2D eigenvalue weighted by atomic mass is 9.87. The quantitative estimate of drug-likeness (QED) is 0.836. The first-order valence-corrected chi connectivity index (χ1v) is 7.10. The molecule has 0 bridgehead atoms. The normalized spacial score (nSPS) is 18.9. The summed E-state index contributed by atoms with van der Waals surface area (Å²) in [5, 5.41) is 0. The second kappa shape index (κ2) is 5.41. The van der Waals surface area contributed by atoms with Crippen LogP contribution in [0, 0.1) is 12.8 Å². The Hall–Kier alpha value is -0.860. The van der Waals surface area contributed by atoms with Gasteiger partial charge in [-0.2, -0.15) is 0 Å². The van der Waals surface area contributed by atoms with Crippen LogP contribution in [0.1, 0.15) is 37.3 Å². The zero-order valence-electron chi connectivity index (χ0n) is 11.9. The molecule has 1 aromatic carbocycles. The van der Waals surface area contributed by atoms with Crippen molar-refractivity contribution in [3.63, 3.8) is 0 Å². The molecule has 1 aliphatic carbocycles. The zero-order valence-corrected chi connectivity index (χ0v) is 11.9. The fraction of sp³-hybridized carbons (Fsp3) is 0.625. The molecule has 0 aliphatic heterocycles. The van der Waals surface area contributed by atoms with E-state index in [1.165, 1.54) is 24.0 Å². The number of rotatable bonds is 6. The first kappa shape index (κ1) is 13.6. The number of hydrogen-bond donors (Lipinski definition) is 1. The van der Waals surface area contributed by atoms with Crippen LogP contribution in [0.4, 0.5) is 0 Å². The Bertz CT molecular complexity index is 392. The fourth-order valence-corrected chi connectivity index (χ4v) is 3.16. The summed E-state index contributed by atoms with van der Waals surface area (Å²) in [5.41, 5.74) is 9.12. The molecule has 2 rings (SSSR count). The summed E-state index contributed by atoms with van der Waals surface area (Å²) < 4.78 is 0. The van der Waals surface area contributed by atoms with Gasteiger partial charge in [-0.25, -0.2) is 0 Å². The lowest BCUT2D eigenvalue weighted by Crippen LogP contribution is -2.53. The average Bonchev–Trinajstić information content (AvgIpc) is 3.19. The highest BCUT2D eigenvalue weighted by atomic mass is 15.2. The summed E-state index contributed by atoms with van der Waals surface area (Å²) in [6.45, 7) is 6.25. The molecular formula is C16H26N2. The molecule has 1 aromatic rings. The average molecular weight is 246 g/mol. The maximum absolute atomic E-state index is 6.11. The second-order valence-corrected chi connectivity index (χ2v) is 5.72. The van der Waals surface area contributed by atoms with Crippen LogP contribution in [0.3, 0.4) is 0 Å². The number of nitrogens with two attached hydrogens (primary N) is 1. The van der Waals surface area contributed by atoms with Gasteiger partial charge in [0.25, 0.3) is 0 Å². The summed E-state index contributed by atoms with van der Waals surface area (Å²) in [5.74, 6) is 0.807.